The molecule has 1 aliphatic rings. The molecule has 0 saturated heterocycles. The summed E-state index contributed by atoms with van der Waals surface area (Å²) in [6, 6.07) is 4.12. The molecule has 2 heterocycles. The molecule has 0 bridgehead atoms. The molecule has 172 valence electrons. The van der Waals surface area contributed by atoms with Gasteiger partial charge in [-0.15, -0.1) is 11.3 Å². The number of hydrogen-bond donors (Lipinski definition) is 1. The van der Waals surface area contributed by atoms with Gasteiger partial charge in [-0.2, -0.15) is 5.10 Å². The predicted molar refractivity (Wildman–Crippen MR) is 122 cm³/mol. The molecule has 0 radical (unpaired) electrons. The first-order valence-electron chi connectivity index (χ1n) is 10.3. The van der Waals surface area contributed by atoms with E-state index >= 15 is 0 Å². The van der Waals surface area contributed by atoms with Crippen LogP contribution in [0.4, 0.5) is 10.2 Å². The normalized spacial score (nSPS) is 21.4. The van der Waals surface area contributed by atoms with E-state index in [2.05, 4.69) is 14.8 Å². The third-order valence-electron chi connectivity index (χ3n) is 5.85. The smallest absolute Gasteiger partial charge is 0.266 e. The lowest BCUT2D eigenvalue weighted by Gasteiger charge is -2.42. The number of aromatic nitrogens is 3. The number of ether oxygens (including phenoxy) is 1. The number of thiazole rings is 1. The molecule has 2 atom stereocenters. The number of aryl methyl sites for hydroxylation is 1. The molecular weight excluding hydrogens is 475 g/mol. The number of halogens is 2. The molecule has 1 fully saturated rings. The standard InChI is InChI=1S/C21H24ClFN4O3S2/c1-3-27-17(7-9-25-27)14-6-4-5-8-21(14,2)30-18-11-16(23)19(10-15(18)22)32(28,29)26-20-12-31-13-24-20/h7,9-14,26H,3-6,8H2,1-2H3/t14-,21+/m1/s1. The van der Waals surface area contributed by atoms with E-state index in [0.717, 1.165) is 50.1 Å². The summed E-state index contributed by atoms with van der Waals surface area (Å²) < 4.78 is 50.7. The van der Waals surface area contributed by atoms with Gasteiger partial charge in [0.05, 0.1) is 10.5 Å². The van der Waals surface area contributed by atoms with Crippen molar-refractivity contribution in [2.75, 3.05) is 4.72 Å². The van der Waals surface area contributed by atoms with E-state index < -0.39 is 26.3 Å². The lowest BCUT2D eigenvalue weighted by atomic mass is 9.74. The van der Waals surface area contributed by atoms with Crippen molar-refractivity contribution in [3.63, 3.8) is 0 Å². The maximum Gasteiger partial charge on any atom is 0.266 e. The summed E-state index contributed by atoms with van der Waals surface area (Å²) in [5, 5.41) is 5.92. The molecular formula is C21H24ClFN4O3S2. The zero-order valence-electron chi connectivity index (χ0n) is 17.7. The van der Waals surface area contributed by atoms with Crippen LogP contribution in [0.2, 0.25) is 5.02 Å². The fourth-order valence-electron chi connectivity index (χ4n) is 4.29. The minimum Gasteiger partial charge on any atom is -0.485 e. The van der Waals surface area contributed by atoms with Crippen LogP contribution in [0.15, 0.2) is 40.2 Å². The van der Waals surface area contributed by atoms with Gasteiger partial charge in [-0.1, -0.05) is 18.0 Å². The first-order valence-corrected chi connectivity index (χ1v) is 13.1. The third kappa shape index (κ3) is 4.49. The SMILES string of the molecule is CCn1nccc1[C@H]1CCCC[C@]1(C)Oc1cc(F)c(S(=O)(=O)Nc2cscn2)cc1Cl. The predicted octanol–water partition coefficient (Wildman–Crippen LogP) is 5.45. The Morgan fingerprint density at radius 3 is 2.94 bits per heavy atom. The first kappa shape index (κ1) is 23.0. The largest absolute Gasteiger partial charge is 0.485 e. The van der Waals surface area contributed by atoms with Crippen LogP contribution in [-0.2, 0) is 16.6 Å². The molecule has 1 aliphatic carbocycles. The highest BCUT2D eigenvalue weighted by molar-refractivity contribution is 7.92. The number of anilines is 1. The Labute approximate surface area is 195 Å². The highest BCUT2D eigenvalue weighted by atomic mass is 35.5. The quantitative estimate of drug-likeness (QED) is 0.468. The zero-order chi connectivity index (χ0) is 22.9. The highest BCUT2D eigenvalue weighted by Gasteiger charge is 2.42. The topological polar surface area (TPSA) is 86.1 Å². The summed E-state index contributed by atoms with van der Waals surface area (Å²) in [4.78, 5) is 3.31. The minimum atomic E-state index is -4.19. The molecule has 0 aliphatic heterocycles. The second-order valence-corrected chi connectivity index (χ2v) is 10.8. The van der Waals surface area contributed by atoms with Gasteiger partial charge in [-0.3, -0.25) is 9.40 Å². The fourth-order valence-corrected chi connectivity index (χ4v) is 6.20. The Morgan fingerprint density at radius 1 is 1.41 bits per heavy atom. The van der Waals surface area contributed by atoms with Gasteiger partial charge in [-0.25, -0.2) is 17.8 Å². The molecule has 11 heteroatoms. The molecule has 3 aromatic rings. The molecule has 1 N–H and O–H groups in total. The fraction of sp³-hybridized carbons (Fsp3) is 0.429. The highest BCUT2D eigenvalue weighted by Crippen LogP contribution is 2.45. The average molecular weight is 499 g/mol. The van der Waals surface area contributed by atoms with Crippen LogP contribution >= 0.6 is 22.9 Å². The van der Waals surface area contributed by atoms with E-state index in [1.807, 2.05) is 24.6 Å². The van der Waals surface area contributed by atoms with Crippen LogP contribution in [0.3, 0.4) is 0 Å². The Bertz CT molecular complexity index is 1200. The Morgan fingerprint density at radius 2 is 2.22 bits per heavy atom. The number of nitrogens with zero attached hydrogens (tertiary/aromatic N) is 3. The van der Waals surface area contributed by atoms with Gasteiger partial charge < -0.3 is 4.74 Å². The maximum atomic E-state index is 14.9. The van der Waals surface area contributed by atoms with Gasteiger partial charge in [0.1, 0.15) is 22.1 Å². The van der Waals surface area contributed by atoms with Crippen LogP contribution in [0.1, 0.15) is 51.1 Å². The number of rotatable bonds is 7. The maximum absolute atomic E-state index is 14.9. The third-order valence-corrected chi connectivity index (χ3v) is 8.10. The van der Waals surface area contributed by atoms with Crippen molar-refractivity contribution in [3.05, 3.63) is 51.8 Å². The van der Waals surface area contributed by atoms with Crippen LogP contribution < -0.4 is 9.46 Å². The van der Waals surface area contributed by atoms with Crippen LogP contribution in [0.25, 0.3) is 0 Å². The Hall–Kier alpha value is -2.17. The van der Waals surface area contributed by atoms with Gasteiger partial charge in [0.15, 0.2) is 5.82 Å². The van der Waals surface area contributed by atoms with Crippen molar-refractivity contribution in [3.8, 4) is 5.75 Å². The summed E-state index contributed by atoms with van der Waals surface area (Å²) in [7, 11) is -4.19. The summed E-state index contributed by atoms with van der Waals surface area (Å²) >= 11 is 7.61. The van der Waals surface area contributed by atoms with Crippen molar-refractivity contribution in [1.82, 2.24) is 14.8 Å². The summed E-state index contributed by atoms with van der Waals surface area (Å²) in [6.45, 7) is 4.76. The van der Waals surface area contributed by atoms with Crippen LogP contribution in [0, 0.1) is 5.82 Å². The van der Waals surface area contributed by atoms with Gasteiger partial charge in [0.25, 0.3) is 10.0 Å². The molecule has 4 rings (SSSR count). The molecule has 0 amide bonds. The zero-order valence-corrected chi connectivity index (χ0v) is 20.1. The summed E-state index contributed by atoms with van der Waals surface area (Å²) in [6.07, 6.45) is 5.47. The second kappa shape index (κ2) is 8.99. The first-order chi connectivity index (χ1) is 15.2. The van der Waals surface area contributed by atoms with Gasteiger partial charge in [0, 0.05) is 35.8 Å². The van der Waals surface area contributed by atoms with E-state index in [0.29, 0.717) is 0 Å². The molecule has 1 saturated carbocycles. The van der Waals surface area contributed by atoms with Gasteiger partial charge in [-0.05, 0) is 45.2 Å². The molecule has 32 heavy (non-hydrogen) atoms. The summed E-state index contributed by atoms with van der Waals surface area (Å²) in [5.74, 6) is -0.654. The van der Waals surface area contributed by atoms with Crippen LogP contribution in [0.5, 0.6) is 5.75 Å². The van der Waals surface area contributed by atoms with Gasteiger partial charge >= 0.3 is 0 Å². The Kier molecular flexibility index (Phi) is 6.46. The van der Waals surface area contributed by atoms with Crippen molar-refractivity contribution < 1.29 is 17.5 Å². The lowest BCUT2D eigenvalue weighted by molar-refractivity contribution is 0.0228. The lowest BCUT2D eigenvalue weighted by Crippen LogP contribution is -2.42. The van der Waals surface area contributed by atoms with E-state index in [4.69, 9.17) is 16.3 Å². The van der Waals surface area contributed by atoms with Crippen molar-refractivity contribution in [2.24, 2.45) is 0 Å². The number of sulfonamides is 1. The van der Waals surface area contributed by atoms with Crippen molar-refractivity contribution >= 4 is 38.8 Å². The second-order valence-electron chi connectivity index (χ2n) is 7.98. The number of benzene rings is 1. The molecule has 2 aromatic heterocycles. The summed E-state index contributed by atoms with van der Waals surface area (Å²) in [5.41, 5.74) is 1.91. The molecule has 1 aromatic carbocycles. The van der Waals surface area contributed by atoms with Crippen LogP contribution in [-0.4, -0.2) is 28.8 Å². The van der Waals surface area contributed by atoms with E-state index in [1.54, 1.807) is 6.20 Å². The van der Waals surface area contributed by atoms with E-state index in [9.17, 15) is 12.8 Å². The van der Waals surface area contributed by atoms with Crippen molar-refractivity contribution in [1.29, 1.82) is 0 Å². The van der Waals surface area contributed by atoms with E-state index in [1.165, 1.54) is 22.2 Å². The number of hydrogen-bond acceptors (Lipinski definition) is 6. The molecule has 0 spiro atoms. The molecule has 0 unspecified atom stereocenters. The Balaban J connectivity index is 1.64. The van der Waals surface area contributed by atoms with Gasteiger partial charge in [0.2, 0.25) is 0 Å². The van der Waals surface area contributed by atoms with Crippen molar-refractivity contribution in [2.45, 2.75) is 62.5 Å². The average Bonchev–Trinajstić information content (AvgIpc) is 3.42. The molecule has 7 nitrogen and oxygen atoms in total. The minimum absolute atomic E-state index is 0.0274. The van der Waals surface area contributed by atoms with E-state index in [-0.39, 0.29) is 22.5 Å². The monoisotopic (exact) mass is 498 g/mol. The number of nitrogens with one attached hydrogen (secondary N) is 1.